The second-order valence-corrected chi connectivity index (χ2v) is 5.50. The highest BCUT2D eigenvalue weighted by atomic mass is 15.3. The quantitative estimate of drug-likeness (QED) is 0.803. The Morgan fingerprint density at radius 3 is 2.72 bits per heavy atom. The monoisotopic (exact) mass is 250 g/mol. The largest absolute Gasteiger partial charge is 0.329 e. The fourth-order valence-corrected chi connectivity index (χ4v) is 2.61. The zero-order valence-electron chi connectivity index (χ0n) is 11.9. The molecule has 2 N–H and O–H groups in total. The van der Waals surface area contributed by atoms with Gasteiger partial charge < -0.3 is 5.73 Å². The predicted octanol–water partition coefficient (Wildman–Crippen LogP) is 1.85. The highest BCUT2D eigenvalue weighted by Crippen LogP contribution is 2.33. The van der Waals surface area contributed by atoms with Crippen LogP contribution in [-0.4, -0.2) is 34.3 Å². The van der Waals surface area contributed by atoms with E-state index in [1.54, 1.807) is 0 Å². The molecule has 1 atom stereocenters. The van der Waals surface area contributed by atoms with E-state index in [0.717, 1.165) is 12.5 Å². The molecule has 1 aliphatic rings. The lowest BCUT2D eigenvalue weighted by Crippen LogP contribution is -2.36. The van der Waals surface area contributed by atoms with E-state index >= 15 is 0 Å². The van der Waals surface area contributed by atoms with Crippen LogP contribution in [0.5, 0.6) is 0 Å². The van der Waals surface area contributed by atoms with Gasteiger partial charge in [-0.3, -0.25) is 9.58 Å². The van der Waals surface area contributed by atoms with E-state index in [2.05, 4.69) is 23.8 Å². The summed E-state index contributed by atoms with van der Waals surface area (Å²) < 4.78 is 1.94. The molecule has 1 aromatic rings. The Morgan fingerprint density at radius 1 is 1.56 bits per heavy atom. The fourth-order valence-electron chi connectivity index (χ4n) is 2.61. The third-order valence-corrected chi connectivity index (χ3v) is 4.00. The van der Waals surface area contributed by atoms with Crippen LogP contribution in [0, 0.1) is 12.8 Å². The van der Waals surface area contributed by atoms with Crippen molar-refractivity contribution in [2.75, 3.05) is 19.6 Å². The lowest BCUT2D eigenvalue weighted by Gasteiger charge is -2.30. The Kier molecular flexibility index (Phi) is 4.40. The van der Waals surface area contributed by atoms with Crippen LogP contribution in [0.1, 0.15) is 43.5 Å². The van der Waals surface area contributed by atoms with Gasteiger partial charge in [-0.1, -0.05) is 6.92 Å². The minimum absolute atomic E-state index is 0.333. The van der Waals surface area contributed by atoms with Gasteiger partial charge in [-0.25, -0.2) is 0 Å². The van der Waals surface area contributed by atoms with E-state index in [4.69, 9.17) is 5.73 Å². The number of rotatable bonds is 7. The van der Waals surface area contributed by atoms with Crippen molar-refractivity contribution in [2.24, 2.45) is 18.7 Å². The molecular weight excluding hydrogens is 224 g/mol. The van der Waals surface area contributed by atoms with Crippen LogP contribution in [0.3, 0.4) is 0 Å². The highest BCUT2D eigenvalue weighted by Gasteiger charge is 2.29. The maximum Gasteiger partial charge on any atom is 0.0540 e. The molecule has 1 aliphatic carbocycles. The molecule has 1 heterocycles. The molecule has 1 fully saturated rings. The van der Waals surface area contributed by atoms with Crippen LogP contribution in [0.15, 0.2) is 6.20 Å². The molecule has 1 aromatic heterocycles. The first-order valence-electron chi connectivity index (χ1n) is 7.10. The third-order valence-electron chi connectivity index (χ3n) is 4.00. The molecular formula is C14H26N4. The maximum absolute atomic E-state index is 6.03. The summed E-state index contributed by atoms with van der Waals surface area (Å²) >= 11 is 0. The van der Waals surface area contributed by atoms with Crippen molar-refractivity contribution in [1.29, 1.82) is 0 Å². The zero-order valence-corrected chi connectivity index (χ0v) is 11.9. The van der Waals surface area contributed by atoms with E-state index < -0.39 is 0 Å². The molecule has 18 heavy (non-hydrogen) atoms. The van der Waals surface area contributed by atoms with Crippen molar-refractivity contribution in [3.05, 3.63) is 17.5 Å². The van der Waals surface area contributed by atoms with Gasteiger partial charge in [0.25, 0.3) is 0 Å². The zero-order chi connectivity index (χ0) is 13.1. The fraction of sp³-hybridized carbons (Fsp3) is 0.786. The number of aryl methyl sites for hydroxylation is 1. The molecule has 0 radical (unpaired) electrons. The van der Waals surface area contributed by atoms with Gasteiger partial charge >= 0.3 is 0 Å². The summed E-state index contributed by atoms with van der Waals surface area (Å²) in [6.07, 6.45) is 5.96. The van der Waals surface area contributed by atoms with Gasteiger partial charge in [0.15, 0.2) is 0 Å². The van der Waals surface area contributed by atoms with Gasteiger partial charge in [-0.05, 0) is 38.6 Å². The topological polar surface area (TPSA) is 47.1 Å². The molecule has 1 unspecified atom stereocenters. The van der Waals surface area contributed by atoms with E-state index in [-0.39, 0.29) is 0 Å². The summed E-state index contributed by atoms with van der Waals surface area (Å²) in [4.78, 5) is 2.56. The molecule has 0 aromatic carbocycles. The number of nitrogens with two attached hydrogens (primary N) is 1. The second kappa shape index (κ2) is 5.85. The molecule has 0 saturated heterocycles. The summed E-state index contributed by atoms with van der Waals surface area (Å²) in [5.74, 6) is 0.905. The van der Waals surface area contributed by atoms with Gasteiger partial charge in [0.05, 0.1) is 12.2 Å². The molecule has 0 bridgehead atoms. The molecule has 0 aliphatic heterocycles. The second-order valence-electron chi connectivity index (χ2n) is 5.50. The van der Waals surface area contributed by atoms with Gasteiger partial charge in [-0.15, -0.1) is 0 Å². The van der Waals surface area contributed by atoms with Gasteiger partial charge in [0, 0.05) is 31.4 Å². The van der Waals surface area contributed by atoms with Gasteiger partial charge in [0.2, 0.25) is 0 Å². The van der Waals surface area contributed by atoms with Crippen molar-refractivity contribution in [3.8, 4) is 0 Å². The van der Waals surface area contributed by atoms with E-state index in [0.29, 0.717) is 12.6 Å². The van der Waals surface area contributed by atoms with Crippen LogP contribution in [0.4, 0.5) is 0 Å². The van der Waals surface area contributed by atoms with Gasteiger partial charge in [0.1, 0.15) is 0 Å². The van der Waals surface area contributed by atoms with Crippen LogP contribution in [-0.2, 0) is 7.05 Å². The Hall–Kier alpha value is -0.870. The van der Waals surface area contributed by atoms with Crippen molar-refractivity contribution in [2.45, 2.75) is 39.2 Å². The van der Waals surface area contributed by atoms with Crippen molar-refractivity contribution in [3.63, 3.8) is 0 Å². The molecule has 102 valence electrons. The minimum Gasteiger partial charge on any atom is -0.329 e. The van der Waals surface area contributed by atoms with Gasteiger partial charge in [-0.2, -0.15) is 5.10 Å². The average Bonchev–Trinajstić information content (AvgIpc) is 3.11. The maximum atomic E-state index is 6.03. The van der Waals surface area contributed by atoms with Crippen LogP contribution >= 0.6 is 0 Å². The van der Waals surface area contributed by atoms with Crippen molar-refractivity contribution in [1.82, 2.24) is 14.7 Å². The number of aromatic nitrogens is 2. The Bertz CT molecular complexity index is 381. The first-order valence-corrected chi connectivity index (χ1v) is 7.10. The lowest BCUT2D eigenvalue weighted by atomic mass is 10.1. The summed E-state index contributed by atoms with van der Waals surface area (Å²) in [7, 11) is 2.00. The Labute approximate surface area is 110 Å². The molecule has 2 rings (SSSR count). The van der Waals surface area contributed by atoms with E-state index in [1.807, 2.05) is 17.9 Å². The van der Waals surface area contributed by atoms with Crippen molar-refractivity contribution < 1.29 is 0 Å². The average molecular weight is 250 g/mol. The standard InChI is InChI=1S/C14H26N4/c1-4-7-18(10-12-5-6-12)14(8-15)13-9-16-17(3)11(13)2/h9,12,14H,4-8,10,15H2,1-3H3. The molecule has 4 nitrogen and oxygen atoms in total. The minimum atomic E-state index is 0.333. The first-order chi connectivity index (χ1) is 8.67. The normalized spacial score (nSPS) is 17.4. The van der Waals surface area contributed by atoms with E-state index in [9.17, 15) is 0 Å². The summed E-state index contributed by atoms with van der Waals surface area (Å²) in [5, 5.41) is 4.36. The summed E-state index contributed by atoms with van der Waals surface area (Å²) in [6.45, 7) is 7.38. The number of hydrogen-bond donors (Lipinski definition) is 1. The first kappa shape index (κ1) is 13.6. The summed E-state index contributed by atoms with van der Waals surface area (Å²) in [5.41, 5.74) is 8.57. The van der Waals surface area contributed by atoms with E-state index in [1.165, 1.54) is 37.1 Å². The number of nitrogens with zero attached hydrogens (tertiary/aromatic N) is 3. The predicted molar refractivity (Wildman–Crippen MR) is 74.3 cm³/mol. The molecule has 0 spiro atoms. The molecule has 4 heteroatoms. The highest BCUT2D eigenvalue weighted by molar-refractivity contribution is 5.21. The Balaban J connectivity index is 2.15. The number of hydrogen-bond acceptors (Lipinski definition) is 3. The SMILES string of the molecule is CCCN(CC1CC1)C(CN)c1cnn(C)c1C. The van der Waals surface area contributed by atoms with Crippen LogP contribution in [0.2, 0.25) is 0 Å². The van der Waals surface area contributed by atoms with Crippen LogP contribution in [0.25, 0.3) is 0 Å². The Morgan fingerprint density at radius 2 is 2.28 bits per heavy atom. The summed E-state index contributed by atoms with van der Waals surface area (Å²) in [6, 6.07) is 0.333. The lowest BCUT2D eigenvalue weighted by molar-refractivity contribution is 0.192. The molecule has 0 amide bonds. The van der Waals surface area contributed by atoms with Crippen molar-refractivity contribution >= 4 is 0 Å². The van der Waals surface area contributed by atoms with Crippen LogP contribution < -0.4 is 5.73 Å². The third kappa shape index (κ3) is 2.93. The molecule has 1 saturated carbocycles. The smallest absolute Gasteiger partial charge is 0.0540 e.